The number of carbonyl (C=O) groups is 2. The average Bonchev–Trinajstić information content (AvgIpc) is 3.04. The second kappa shape index (κ2) is 5.67. The van der Waals surface area contributed by atoms with E-state index in [-0.39, 0.29) is 18.6 Å². The topological polar surface area (TPSA) is 76.1 Å². The van der Waals surface area contributed by atoms with Gasteiger partial charge in [-0.25, -0.2) is 4.79 Å². The van der Waals surface area contributed by atoms with Crippen LogP contribution in [-0.2, 0) is 19.1 Å². The van der Waals surface area contributed by atoms with Crippen molar-refractivity contribution in [2.75, 3.05) is 26.9 Å². The molecule has 6 heteroatoms. The van der Waals surface area contributed by atoms with Crippen LogP contribution in [0.25, 0.3) is 0 Å². The second-order valence-corrected chi connectivity index (χ2v) is 4.97. The van der Waals surface area contributed by atoms with Crippen molar-refractivity contribution in [2.24, 2.45) is 5.92 Å². The van der Waals surface area contributed by atoms with Gasteiger partial charge in [0, 0.05) is 26.7 Å². The number of ether oxygens (including phenoxy) is 2. The van der Waals surface area contributed by atoms with Gasteiger partial charge in [-0.1, -0.05) is 0 Å². The Morgan fingerprint density at radius 2 is 2.11 bits per heavy atom. The Morgan fingerprint density at radius 3 is 2.67 bits per heavy atom. The quantitative estimate of drug-likeness (QED) is 0.731. The highest BCUT2D eigenvalue weighted by Crippen LogP contribution is 2.30. The third-order valence-corrected chi connectivity index (χ3v) is 3.40. The summed E-state index contributed by atoms with van der Waals surface area (Å²) in [5.41, 5.74) is 0. The third kappa shape index (κ3) is 3.20. The summed E-state index contributed by atoms with van der Waals surface area (Å²) in [6, 6.07) is -0.781. The van der Waals surface area contributed by atoms with Gasteiger partial charge in [0.1, 0.15) is 12.6 Å². The average molecular weight is 257 g/mol. The first-order valence-corrected chi connectivity index (χ1v) is 6.24. The van der Waals surface area contributed by atoms with Crippen LogP contribution in [0.2, 0.25) is 0 Å². The molecule has 2 aliphatic rings. The number of hydrogen-bond acceptors (Lipinski definition) is 4. The molecule has 2 fully saturated rings. The minimum Gasteiger partial charge on any atom is -0.480 e. The molecular weight excluding hydrogens is 238 g/mol. The standard InChI is InChI=1S/C12H19NO5/c1-17-7-11(14)13-5-9(4-10(13)12(15)16)18-6-8-2-3-8/h8-10H,2-7H2,1H3,(H,15,16). The Labute approximate surface area is 106 Å². The van der Waals surface area contributed by atoms with Crippen molar-refractivity contribution in [1.29, 1.82) is 0 Å². The molecule has 1 saturated heterocycles. The molecule has 0 aromatic carbocycles. The molecule has 0 spiro atoms. The van der Waals surface area contributed by atoms with Crippen molar-refractivity contribution >= 4 is 11.9 Å². The maximum absolute atomic E-state index is 11.7. The summed E-state index contributed by atoms with van der Waals surface area (Å²) in [5, 5.41) is 9.12. The number of likely N-dealkylation sites (tertiary alicyclic amines) is 1. The summed E-state index contributed by atoms with van der Waals surface area (Å²) < 4.78 is 10.4. The van der Waals surface area contributed by atoms with Crippen LogP contribution in [0, 0.1) is 5.92 Å². The molecule has 1 amide bonds. The summed E-state index contributed by atoms with van der Waals surface area (Å²) >= 11 is 0. The van der Waals surface area contributed by atoms with Crippen molar-refractivity contribution in [3.63, 3.8) is 0 Å². The lowest BCUT2D eigenvalue weighted by Crippen LogP contribution is -2.42. The Kier molecular flexibility index (Phi) is 4.19. The van der Waals surface area contributed by atoms with Crippen LogP contribution in [0.15, 0.2) is 0 Å². The Bertz CT molecular complexity index is 328. The fraction of sp³-hybridized carbons (Fsp3) is 0.833. The molecule has 2 atom stereocenters. The predicted molar refractivity (Wildman–Crippen MR) is 62.1 cm³/mol. The Balaban J connectivity index is 1.89. The lowest BCUT2D eigenvalue weighted by Gasteiger charge is -2.20. The number of carbonyl (C=O) groups excluding carboxylic acids is 1. The van der Waals surface area contributed by atoms with Gasteiger partial charge in [-0.2, -0.15) is 0 Å². The van der Waals surface area contributed by atoms with Crippen LogP contribution < -0.4 is 0 Å². The van der Waals surface area contributed by atoms with Crippen molar-refractivity contribution in [2.45, 2.75) is 31.4 Å². The van der Waals surface area contributed by atoms with Gasteiger partial charge in [0.25, 0.3) is 0 Å². The van der Waals surface area contributed by atoms with E-state index in [1.807, 2.05) is 0 Å². The summed E-state index contributed by atoms with van der Waals surface area (Å²) in [7, 11) is 1.42. The van der Waals surface area contributed by atoms with E-state index in [1.54, 1.807) is 0 Å². The van der Waals surface area contributed by atoms with Crippen molar-refractivity contribution in [3.05, 3.63) is 0 Å². The zero-order valence-corrected chi connectivity index (χ0v) is 10.5. The highest BCUT2D eigenvalue weighted by molar-refractivity contribution is 5.85. The molecule has 0 bridgehead atoms. The van der Waals surface area contributed by atoms with Gasteiger partial charge >= 0.3 is 5.97 Å². The van der Waals surface area contributed by atoms with Crippen molar-refractivity contribution in [3.8, 4) is 0 Å². The summed E-state index contributed by atoms with van der Waals surface area (Å²) in [4.78, 5) is 24.2. The maximum atomic E-state index is 11.7. The molecule has 0 aromatic rings. The zero-order valence-electron chi connectivity index (χ0n) is 10.5. The van der Waals surface area contributed by atoms with Gasteiger partial charge in [-0.15, -0.1) is 0 Å². The Morgan fingerprint density at radius 1 is 1.39 bits per heavy atom. The molecule has 6 nitrogen and oxygen atoms in total. The number of aliphatic carboxylic acids is 1. The normalized spacial score (nSPS) is 27.5. The van der Waals surface area contributed by atoms with Crippen LogP contribution in [0.1, 0.15) is 19.3 Å². The van der Waals surface area contributed by atoms with E-state index in [1.165, 1.54) is 24.9 Å². The molecular formula is C12H19NO5. The summed E-state index contributed by atoms with van der Waals surface area (Å²) in [6.45, 7) is 0.953. The zero-order chi connectivity index (χ0) is 13.1. The Hall–Kier alpha value is -1.14. The maximum Gasteiger partial charge on any atom is 0.326 e. The van der Waals surface area contributed by atoms with Crippen molar-refractivity contribution < 1.29 is 24.2 Å². The number of amides is 1. The lowest BCUT2D eigenvalue weighted by molar-refractivity contribution is -0.149. The molecule has 0 radical (unpaired) electrons. The minimum atomic E-state index is -0.975. The van der Waals surface area contributed by atoms with Crippen LogP contribution in [0.5, 0.6) is 0 Å². The molecule has 1 N–H and O–H groups in total. The SMILES string of the molecule is COCC(=O)N1CC(OCC2CC2)CC1C(=O)O. The van der Waals surface area contributed by atoms with Gasteiger partial charge < -0.3 is 19.5 Å². The van der Waals surface area contributed by atoms with E-state index in [9.17, 15) is 9.59 Å². The van der Waals surface area contributed by atoms with E-state index < -0.39 is 12.0 Å². The third-order valence-electron chi connectivity index (χ3n) is 3.40. The first kappa shape index (κ1) is 13.3. The molecule has 102 valence electrons. The minimum absolute atomic E-state index is 0.0842. The van der Waals surface area contributed by atoms with Gasteiger partial charge in [0.05, 0.1) is 6.10 Å². The summed E-state index contributed by atoms with van der Waals surface area (Å²) in [6.07, 6.45) is 2.60. The summed E-state index contributed by atoms with van der Waals surface area (Å²) in [5.74, 6) is -0.628. The number of carboxylic acid groups (broad SMARTS) is 1. The van der Waals surface area contributed by atoms with Crippen LogP contribution in [0.3, 0.4) is 0 Å². The van der Waals surface area contributed by atoms with E-state index in [0.717, 1.165) is 0 Å². The monoisotopic (exact) mass is 257 g/mol. The van der Waals surface area contributed by atoms with Gasteiger partial charge in [-0.3, -0.25) is 4.79 Å². The highest BCUT2D eigenvalue weighted by atomic mass is 16.5. The van der Waals surface area contributed by atoms with Crippen LogP contribution in [0.4, 0.5) is 0 Å². The van der Waals surface area contributed by atoms with Crippen LogP contribution >= 0.6 is 0 Å². The van der Waals surface area contributed by atoms with E-state index in [4.69, 9.17) is 14.6 Å². The number of nitrogens with zero attached hydrogens (tertiary/aromatic N) is 1. The predicted octanol–water partition coefficient (Wildman–Crippen LogP) is 0.114. The molecule has 0 aromatic heterocycles. The van der Waals surface area contributed by atoms with Gasteiger partial charge in [-0.05, 0) is 18.8 Å². The fourth-order valence-electron chi connectivity index (χ4n) is 2.19. The van der Waals surface area contributed by atoms with Gasteiger partial charge in [0.2, 0.25) is 5.91 Å². The first-order valence-electron chi connectivity index (χ1n) is 6.24. The second-order valence-electron chi connectivity index (χ2n) is 4.97. The van der Waals surface area contributed by atoms with Crippen molar-refractivity contribution in [1.82, 2.24) is 4.90 Å². The molecule has 1 aliphatic heterocycles. The molecule has 18 heavy (non-hydrogen) atoms. The molecule has 2 unspecified atom stereocenters. The van der Waals surface area contributed by atoms with E-state index >= 15 is 0 Å². The van der Waals surface area contributed by atoms with E-state index in [0.29, 0.717) is 25.5 Å². The molecule has 1 saturated carbocycles. The number of hydrogen-bond donors (Lipinski definition) is 1. The van der Waals surface area contributed by atoms with Crippen LogP contribution in [-0.4, -0.2) is 60.9 Å². The molecule has 2 rings (SSSR count). The molecule has 1 heterocycles. The lowest BCUT2D eigenvalue weighted by atomic mass is 10.2. The highest BCUT2D eigenvalue weighted by Gasteiger charge is 2.40. The van der Waals surface area contributed by atoms with Gasteiger partial charge in [0.15, 0.2) is 0 Å². The number of carboxylic acids is 1. The largest absolute Gasteiger partial charge is 0.480 e. The first-order chi connectivity index (χ1) is 8.61. The smallest absolute Gasteiger partial charge is 0.326 e. The van der Waals surface area contributed by atoms with E-state index in [2.05, 4.69) is 0 Å². The fourth-order valence-corrected chi connectivity index (χ4v) is 2.19. The molecule has 1 aliphatic carbocycles. The number of rotatable bonds is 6. The number of methoxy groups -OCH3 is 1.